The van der Waals surface area contributed by atoms with Crippen LogP contribution in [0.5, 0.6) is 5.75 Å². The predicted molar refractivity (Wildman–Crippen MR) is 142 cm³/mol. The lowest BCUT2D eigenvalue weighted by Crippen LogP contribution is -2.52. The zero-order chi connectivity index (χ0) is 25.0. The van der Waals surface area contributed by atoms with Crippen LogP contribution in [-0.4, -0.2) is 35.4 Å². The van der Waals surface area contributed by atoms with Gasteiger partial charge in [-0.1, -0.05) is 91.7 Å². The molecule has 0 aliphatic heterocycles. The Balaban J connectivity index is 1.50. The van der Waals surface area contributed by atoms with Crippen LogP contribution in [-0.2, 0) is 22.6 Å². The van der Waals surface area contributed by atoms with Crippen LogP contribution >= 0.6 is 0 Å². The summed E-state index contributed by atoms with van der Waals surface area (Å²) in [5.41, 5.74) is 2.06. The summed E-state index contributed by atoms with van der Waals surface area (Å²) >= 11 is 0. The van der Waals surface area contributed by atoms with Crippen molar-refractivity contribution < 1.29 is 14.3 Å². The number of para-hydroxylation sites is 1. The first-order chi connectivity index (χ1) is 17.7. The quantitative estimate of drug-likeness (QED) is 0.343. The van der Waals surface area contributed by atoms with Gasteiger partial charge in [0.25, 0.3) is 0 Å². The number of hydrogen-bond donors (Lipinski definition) is 1. The first-order valence-electron chi connectivity index (χ1n) is 13.0. The summed E-state index contributed by atoms with van der Waals surface area (Å²) in [5, 5.41) is 3.25. The van der Waals surface area contributed by atoms with E-state index in [1.807, 2.05) is 91.0 Å². The first-order valence-corrected chi connectivity index (χ1v) is 13.0. The maximum atomic E-state index is 13.6. The van der Waals surface area contributed by atoms with Crippen molar-refractivity contribution in [2.45, 2.75) is 63.6 Å². The van der Waals surface area contributed by atoms with E-state index >= 15 is 0 Å². The fourth-order valence-electron chi connectivity index (χ4n) is 4.78. The average Bonchev–Trinajstić information content (AvgIpc) is 3.43. The first kappa shape index (κ1) is 25.5. The molecule has 0 heterocycles. The summed E-state index contributed by atoms with van der Waals surface area (Å²) in [5.74, 6) is 0.706. The Morgan fingerprint density at radius 3 is 2.06 bits per heavy atom. The fourth-order valence-corrected chi connectivity index (χ4v) is 4.78. The molecule has 0 spiro atoms. The third-order valence-corrected chi connectivity index (χ3v) is 6.72. The molecule has 0 aromatic heterocycles. The number of nitrogens with zero attached hydrogens (tertiary/aromatic N) is 1. The highest BCUT2D eigenvalue weighted by atomic mass is 16.5. The molecule has 0 radical (unpaired) electrons. The van der Waals surface area contributed by atoms with Gasteiger partial charge >= 0.3 is 0 Å². The SMILES string of the molecule is O=C(NC1CCCC1)[C@H](Cc1ccccc1)N(Cc1ccccc1)C(=O)CCCOc1ccccc1. The summed E-state index contributed by atoms with van der Waals surface area (Å²) in [7, 11) is 0. The lowest BCUT2D eigenvalue weighted by Gasteiger charge is -2.32. The van der Waals surface area contributed by atoms with Crippen LogP contribution < -0.4 is 10.1 Å². The highest BCUT2D eigenvalue weighted by Gasteiger charge is 2.31. The van der Waals surface area contributed by atoms with Crippen LogP contribution in [0.2, 0.25) is 0 Å². The molecule has 0 unspecified atom stereocenters. The van der Waals surface area contributed by atoms with Gasteiger partial charge in [0.15, 0.2) is 0 Å². The van der Waals surface area contributed by atoms with Gasteiger partial charge < -0.3 is 15.0 Å². The molecule has 1 saturated carbocycles. The maximum Gasteiger partial charge on any atom is 0.243 e. The number of benzene rings is 3. The molecule has 2 amide bonds. The second-order valence-electron chi connectivity index (χ2n) is 9.47. The Morgan fingerprint density at radius 1 is 0.833 bits per heavy atom. The van der Waals surface area contributed by atoms with Crippen LogP contribution in [0.3, 0.4) is 0 Å². The van der Waals surface area contributed by atoms with Gasteiger partial charge in [-0.05, 0) is 42.5 Å². The Morgan fingerprint density at radius 2 is 1.42 bits per heavy atom. The van der Waals surface area contributed by atoms with Crippen LogP contribution in [0.15, 0.2) is 91.0 Å². The normalized spacial score (nSPS) is 14.2. The van der Waals surface area contributed by atoms with E-state index in [1.54, 1.807) is 4.90 Å². The molecule has 1 atom stereocenters. The van der Waals surface area contributed by atoms with E-state index in [2.05, 4.69) is 5.32 Å². The monoisotopic (exact) mass is 484 g/mol. The molecule has 1 fully saturated rings. The smallest absolute Gasteiger partial charge is 0.243 e. The fraction of sp³-hybridized carbons (Fsp3) is 0.355. The summed E-state index contributed by atoms with van der Waals surface area (Å²) in [6.07, 6.45) is 5.69. The number of amides is 2. The lowest BCUT2D eigenvalue weighted by molar-refractivity contribution is -0.141. The van der Waals surface area contributed by atoms with Gasteiger partial charge in [-0.15, -0.1) is 0 Å². The van der Waals surface area contributed by atoms with Crippen LogP contribution in [0.1, 0.15) is 49.7 Å². The van der Waals surface area contributed by atoms with Gasteiger partial charge in [-0.25, -0.2) is 0 Å². The zero-order valence-electron chi connectivity index (χ0n) is 20.9. The minimum atomic E-state index is -0.573. The van der Waals surface area contributed by atoms with Crippen molar-refractivity contribution >= 4 is 11.8 Å². The van der Waals surface area contributed by atoms with Gasteiger partial charge in [0.05, 0.1) is 6.61 Å². The largest absolute Gasteiger partial charge is 0.494 e. The predicted octanol–water partition coefficient (Wildman–Crippen LogP) is 5.54. The Bertz CT molecular complexity index is 1070. The molecule has 3 aromatic rings. The summed E-state index contributed by atoms with van der Waals surface area (Å²) in [6.45, 7) is 0.849. The number of rotatable bonds is 12. The van der Waals surface area contributed by atoms with E-state index in [4.69, 9.17) is 4.74 Å². The van der Waals surface area contributed by atoms with Gasteiger partial charge in [0.2, 0.25) is 11.8 Å². The van der Waals surface area contributed by atoms with E-state index in [-0.39, 0.29) is 17.9 Å². The van der Waals surface area contributed by atoms with Crippen molar-refractivity contribution in [3.63, 3.8) is 0 Å². The second kappa shape index (κ2) is 13.5. The van der Waals surface area contributed by atoms with E-state index in [0.717, 1.165) is 42.6 Å². The van der Waals surface area contributed by atoms with Crippen LogP contribution in [0.4, 0.5) is 0 Å². The molecule has 3 aromatic carbocycles. The summed E-state index contributed by atoms with van der Waals surface area (Å²) in [4.78, 5) is 29.0. The van der Waals surface area contributed by atoms with E-state index < -0.39 is 6.04 Å². The van der Waals surface area contributed by atoms with Gasteiger partial charge in [-0.2, -0.15) is 0 Å². The summed E-state index contributed by atoms with van der Waals surface area (Å²) < 4.78 is 5.80. The number of nitrogens with one attached hydrogen (secondary N) is 1. The molecular weight excluding hydrogens is 448 g/mol. The minimum absolute atomic E-state index is 0.0296. The number of carbonyl (C=O) groups excluding carboxylic acids is 2. The second-order valence-corrected chi connectivity index (χ2v) is 9.47. The third-order valence-electron chi connectivity index (χ3n) is 6.72. The molecule has 5 heteroatoms. The summed E-state index contributed by atoms with van der Waals surface area (Å²) in [6, 6.07) is 29.1. The molecule has 4 rings (SSSR count). The van der Waals surface area contributed by atoms with E-state index in [0.29, 0.717) is 32.4 Å². The molecule has 36 heavy (non-hydrogen) atoms. The Labute approximate surface area is 214 Å². The van der Waals surface area contributed by atoms with Gasteiger partial charge in [0.1, 0.15) is 11.8 Å². The topological polar surface area (TPSA) is 58.6 Å². The molecule has 5 nitrogen and oxygen atoms in total. The van der Waals surface area contributed by atoms with E-state index in [9.17, 15) is 9.59 Å². The molecule has 1 N–H and O–H groups in total. The lowest BCUT2D eigenvalue weighted by atomic mass is 10.0. The molecular formula is C31H36N2O3. The average molecular weight is 485 g/mol. The van der Waals surface area contributed by atoms with Gasteiger partial charge in [-0.3, -0.25) is 9.59 Å². The number of hydrogen-bond acceptors (Lipinski definition) is 3. The highest BCUT2D eigenvalue weighted by Crippen LogP contribution is 2.20. The van der Waals surface area contributed by atoms with Crippen molar-refractivity contribution in [1.82, 2.24) is 10.2 Å². The van der Waals surface area contributed by atoms with E-state index in [1.165, 1.54) is 0 Å². The van der Waals surface area contributed by atoms with Crippen LogP contribution in [0.25, 0.3) is 0 Å². The number of carbonyl (C=O) groups is 2. The molecule has 0 saturated heterocycles. The third kappa shape index (κ3) is 7.70. The number of ether oxygens (including phenoxy) is 1. The molecule has 1 aliphatic carbocycles. The highest BCUT2D eigenvalue weighted by molar-refractivity contribution is 5.88. The standard InChI is InChI=1S/C31H36N2O3/c34-30(21-12-22-36-28-19-8-3-9-20-28)33(24-26-15-6-2-7-16-26)29(23-25-13-4-1-5-14-25)31(35)32-27-17-10-11-18-27/h1-9,13-16,19-20,27,29H,10-12,17-18,21-24H2,(H,32,35)/t29-/m0/s1. The minimum Gasteiger partial charge on any atom is -0.494 e. The molecule has 0 bridgehead atoms. The maximum absolute atomic E-state index is 13.6. The van der Waals surface area contributed by atoms with Gasteiger partial charge in [0, 0.05) is 25.4 Å². The van der Waals surface area contributed by atoms with Crippen molar-refractivity contribution in [2.75, 3.05) is 6.61 Å². The molecule has 188 valence electrons. The van der Waals surface area contributed by atoms with Crippen molar-refractivity contribution in [3.8, 4) is 5.75 Å². The zero-order valence-corrected chi connectivity index (χ0v) is 20.9. The van der Waals surface area contributed by atoms with Crippen molar-refractivity contribution in [2.24, 2.45) is 0 Å². The van der Waals surface area contributed by atoms with Crippen molar-refractivity contribution in [3.05, 3.63) is 102 Å². The Kier molecular flexibility index (Phi) is 9.54. The molecule has 1 aliphatic rings. The van der Waals surface area contributed by atoms with Crippen molar-refractivity contribution in [1.29, 1.82) is 0 Å². The Hall–Kier alpha value is -3.60. The van der Waals surface area contributed by atoms with Crippen LogP contribution in [0, 0.1) is 0 Å².